The van der Waals surface area contributed by atoms with Gasteiger partial charge in [0.05, 0.1) is 25.4 Å². The molecule has 0 aromatic heterocycles. The van der Waals surface area contributed by atoms with E-state index < -0.39 is 6.04 Å². The van der Waals surface area contributed by atoms with Crippen molar-refractivity contribution in [1.82, 2.24) is 21.1 Å². The van der Waals surface area contributed by atoms with Gasteiger partial charge in [-0.25, -0.2) is 10.9 Å². The second-order valence-electron chi connectivity index (χ2n) is 7.94. The third kappa shape index (κ3) is 4.35. The van der Waals surface area contributed by atoms with Gasteiger partial charge in [0.1, 0.15) is 6.04 Å². The highest BCUT2D eigenvalue weighted by molar-refractivity contribution is 5.85. The number of carbonyl (C=O) groups excluding carboxylic acids is 2. The van der Waals surface area contributed by atoms with Crippen LogP contribution in [0.25, 0.3) is 0 Å². The standard InChI is InChI=1S/C20H29N5O3/c21-19-17(14-4-2-1-3-5-14)18(23-24-19)20(27)25-8-9-28-12-15(25)10-16(26)22-11-13-6-7-13/h1-5,13,15,17-19,23-24H,6-12,21H2,(H,22,26). The maximum absolute atomic E-state index is 13.4. The molecule has 8 heteroatoms. The smallest absolute Gasteiger partial charge is 0.242 e. The van der Waals surface area contributed by atoms with Gasteiger partial charge in [-0.2, -0.15) is 0 Å². The summed E-state index contributed by atoms with van der Waals surface area (Å²) < 4.78 is 5.56. The fourth-order valence-electron chi connectivity index (χ4n) is 4.02. The summed E-state index contributed by atoms with van der Waals surface area (Å²) >= 11 is 0. The van der Waals surface area contributed by atoms with Gasteiger partial charge in [-0.05, 0) is 24.3 Å². The molecule has 1 aromatic carbocycles. The van der Waals surface area contributed by atoms with Crippen LogP contribution in [-0.4, -0.2) is 61.3 Å². The third-order valence-electron chi connectivity index (χ3n) is 5.82. The molecule has 8 nitrogen and oxygen atoms in total. The molecule has 2 aliphatic heterocycles. The lowest BCUT2D eigenvalue weighted by atomic mass is 9.89. The summed E-state index contributed by atoms with van der Waals surface area (Å²) in [5.74, 6) is 0.388. The van der Waals surface area contributed by atoms with E-state index in [2.05, 4.69) is 16.2 Å². The lowest BCUT2D eigenvalue weighted by Crippen LogP contribution is -2.56. The van der Waals surface area contributed by atoms with Gasteiger partial charge in [0.25, 0.3) is 0 Å². The highest BCUT2D eigenvalue weighted by Gasteiger charge is 2.43. The Morgan fingerprint density at radius 1 is 1.21 bits per heavy atom. The molecule has 3 aliphatic rings. The maximum atomic E-state index is 13.4. The molecule has 2 heterocycles. The number of nitrogens with two attached hydrogens (primary N) is 1. The minimum atomic E-state index is -0.479. The molecular weight excluding hydrogens is 358 g/mol. The summed E-state index contributed by atoms with van der Waals surface area (Å²) in [5, 5.41) is 2.98. The Balaban J connectivity index is 1.44. The molecule has 4 atom stereocenters. The molecule has 0 spiro atoms. The monoisotopic (exact) mass is 387 g/mol. The van der Waals surface area contributed by atoms with Gasteiger partial charge in [-0.15, -0.1) is 0 Å². The second-order valence-corrected chi connectivity index (χ2v) is 7.94. The molecule has 1 aromatic rings. The van der Waals surface area contributed by atoms with E-state index in [1.807, 2.05) is 30.3 Å². The first-order valence-corrected chi connectivity index (χ1v) is 10.1. The molecule has 152 valence electrons. The Morgan fingerprint density at radius 3 is 2.75 bits per heavy atom. The highest BCUT2D eigenvalue weighted by atomic mass is 16.5. The van der Waals surface area contributed by atoms with E-state index >= 15 is 0 Å². The first-order valence-electron chi connectivity index (χ1n) is 10.1. The Hall–Kier alpha value is -2.00. The number of morpholine rings is 1. The fourth-order valence-corrected chi connectivity index (χ4v) is 4.02. The van der Waals surface area contributed by atoms with Gasteiger partial charge >= 0.3 is 0 Å². The number of rotatable bonds is 6. The van der Waals surface area contributed by atoms with Crippen molar-refractivity contribution in [3.05, 3.63) is 35.9 Å². The topological polar surface area (TPSA) is 109 Å². The predicted octanol–water partition coefficient (Wildman–Crippen LogP) is -0.325. The van der Waals surface area contributed by atoms with Crippen LogP contribution in [0.3, 0.4) is 0 Å². The van der Waals surface area contributed by atoms with Crippen molar-refractivity contribution < 1.29 is 14.3 Å². The lowest BCUT2D eigenvalue weighted by Gasteiger charge is -2.37. The summed E-state index contributed by atoms with van der Waals surface area (Å²) in [4.78, 5) is 27.5. The minimum Gasteiger partial charge on any atom is -0.377 e. The van der Waals surface area contributed by atoms with Crippen LogP contribution >= 0.6 is 0 Å². The van der Waals surface area contributed by atoms with Crippen molar-refractivity contribution in [3.8, 4) is 0 Å². The van der Waals surface area contributed by atoms with Crippen LogP contribution in [0.15, 0.2) is 30.3 Å². The number of hydrogen-bond acceptors (Lipinski definition) is 6. The van der Waals surface area contributed by atoms with Crippen LogP contribution in [0.2, 0.25) is 0 Å². The number of hydrazine groups is 1. The van der Waals surface area contributed by atoms with Crippen molar-refractivity contribution in [2.75, 3.05) is 26.3 Å². The molecule has 0 bridgehead atoms. The number of benzene rings is 1. The molecule has 2 amide bonds. The molecule has 4 rings (SSSR count). The quantitative estimate of drug-likeness (QED) is 0.533. The molecule has 3 fully saturated rings. The zero-order valence-electron chi connectivity index (χ0n) is 16.0. The molecule has 1 saturated carbocycles. The van der Waals surface area contributed by atoms with E-state index in [0.29, 0.717) is 25.7 Å². The van der Waals surface area contributed by atoms with Crippen LogP contribution in [0.4, 0.5) is 0 Å². The second kappa shape index (κ2) is 8.57. The molecule has 2 saturated heterocycles. The van der Waals surface area contributed by atoms with E-state index in [9.17, 15) is 9.59 Å². The molecule has 4 unspecified atom stereocenters. The van der Waals surface area contributed by atoms with Crippen LogP contribution in [0.5, 0.6) is 0 Å². The van der Waals surface area contributed by atoms with Gasteiger partial charge in [-0.3, -0.25) is 9.59 Å². The Kier molecular flexibility index (Phi) is 5.91. The third-order valence-corrected chi connectivity index (χ3v) is 5.82. The predicted molar refractivity (Wildman–Crippen MR) is 104 cm³/mol. The van der Waals surface area contributed by atoms with Crippen LogP contribution in [0, 0.1) is 5.92 Å². The van der Waals surface area contributed by atoms with Gasteiger partial charge < -0.3 is 20.7 Å². The number of carbonyl (C=O) groups is 2. The summed E-state index contributed by atoms with van der Waals surface area (Å²) in [7, 11) is 0. The van der Waals surface area contributed by atoms with Gasteiger partial charge in [0.2, 0.25) is 11.8 Å². The number of amides is 2. The number of nitrogens with one attached hydrogen (secondary N) is 3. The zero-order chi connectivity index (χ0) is 19.5. The first-order chi connectivity index (χ1) is 13.6. The highest BCUT2D eigenvalue weighted by Crippen LogP contribution is 2.28. The average Bonchev–Trinajstić information content (AvgIpc) is 3.47. The summed E-state index contributed by atoms with van der Waals surface area (Å²) in [6.07, 6.45) is 2.29. The summed E-state index contributed by atoms with van der Waals surface area (Å²) in [6.45, 7) is 2.08. The van der Waals surface area contributed by atoms with Crippen LogP contribution in [0.1, 0.15) is 30.7 Å². The van der Waals surface area contributed by atoms with Crippen molar-refractivity contribution in [3.63, 3.8) is 0 Å². The SMILES string of the molecule is NC1NNC(C(=O)N2CCOCC2CC(=O)NCC2CC2)C1c1ccccc1. The van der Waals surface area contributed by atoms with E-state index in [-0.39, 0.29) is 36.4 Å². The average molecular weight is 387 g/mol. The van der Waals surface area contributed by atoms with E-state index in [1.54, 1.807) is 4.90 Å². The van der Waals surface area contributed by atoms with E-state index in [1.165, 1.54) is 12.8 Å². The molecular formula is C20H29N5O3. The van der Waals surface area contributed by atoms with Gasteiger partial charge in [0.15, 0.2) is 0 Å². The van der Waals surface area contributed by atoms with Crippen molar-refractivity contribution >= 4 is 11.8 Å². The molecule has 1 aliphatic carbocycles. The van der Waals surface area contributed by atoms with Crippen molar-refractivity contribution in [2.24, 2.45) is 11.7 Å². The lowest BCUT2D eigenvalue weighted by molar-refractivity contribution is -0.143. The van der Waals surface area contributed by atoms with Crippen LogP contribution < -0.4 is 21.9 Å². The number of nitrogens with zero attached hydrogens (tertiary/aromatic N) is 1. The number of ether oxygens (including phenoxy) is 1. The van der Waals surface area contributed by atoms with Crippen molar-refractivity contribution in [2.45, 2.75) is 43.4 Å². The summed E-state index contributed by atoms with van der Waals surface area (Å²) in [5.41, 5.74) is 13.3. The molecule has 0 radical (unpaired) electrons. The van der Waals surface area contributed by atoms with Gasteiger partial charge in [0, 0.05) is 25.4 Å². The van der Waals surface area contributed by atoms with Gasteiger partial charge in [-0.1, -0.05) is 30.3 Å². The fraction of sp³-hybridized carbons (Fsp3) is 0.600. The van der Waals surface area contributed by atoms with Crippen LogP contribution in [-0.2, 0) is 14.3 Å². The number of hydrogen-bond donors (Lipinski definition) is 4. The Morgan fingerprint density at radius 2 is 2.00 bits per heavy atom. The molecule has 28 heavy (non-hydrogen) atoms. The minimum absolute atomic E-state index is 0.0194. The van der Waals surface area contributed by atoms with Crippen molar-refractivity contribution in [1.29, 1.82) is 0 Å². The Labute approximate surface area is 165 Å². The normalized spacial score (nSPS) is 30.2. The Bertz CT molecular complexity index is 696. The first kappa shape index (κ1) is 19.3. The summed E-state index contributed by atoms with van der Waals surface area (Å²) in [6, 6.07) is 9.08. The zero-order valence-corrected chi connectivity index (χ0v) is 16.0. The maximum Gasteiger partial charge on any atom is 0.242 e. The van der Waals surface area contributed by atoms with E-state index in [4.69, 9.17) is 10.5 Å². The van der Waals surface area contributed by atoms with E-state index in [0.717, 1.165) is 12.1 Å². The molecule has 5 N–H and O–H groups in total. The largest absolute Gasteiger partial charge is 0.377 e.